The molecule has 0 aromatic heterocycles. The molecule has 2 aliphatic heterocycles. The van der Waals surface area contributed by atoms with Crippen molar-refractivity contribution in [1.82, 2.24) is 10.6 Å². The van der Waals surface area contributed by atoms with E-state index in [1.165, 1.54) is 0 Å². The van der Waals surface area contributed by atoms with Crippen LogP contribution in [0.4, 0.5) is 0 Å². The number of ketones is 1. The molecule has 1 unspecified atom stereocenters. The monoisotopic (exact) mass is 192 g/mol. The second-order valence-corrected chi connectivity index (χ2v) is 3.06. The predicted molar refractivity (Wildman–Crippen MR) is 46.4 cm³/mol. The summed E-state index contributed by atoms with van der Waals surface area (Å²) in [7, 11) is 0. The van der Waals surface area contributed by atoms with Gasteiger partial charge in [0.25, 0.3) is 0 Å². The van der Waals surface area contributed by atoms with Crippen molar-refractivity contribution in [3.8, 4) is 0 Å². The zero-order valence-corrected chi connectivity index (χ0v) is 7.58. The number of carbonyl (C=O) groups excluding carboxylic acids is 1. The second kappa shape index (κ2) is 3.70. The lowest BCUT2D eigenvalue weighted by atomic mass is 9.91. The fourth-order valence-electron chi connectivity index (χ4n) is 1.63. The summed E-state index contributed by atoms with van der Waals surface area (Å²) in [5, 5.41) is 6.07. The summed E-state index contributed by atoms with van der Waals surface area (Å²) in [5.74, 6) is 0.189. The van der Waals surface area contributed by atoms with Crippen LogP contribution in [0.2, 0.25) is 0 Å². The summed E-state index contributed by atoms with van der Waals surface area (Å²) < 4.78 is 5.39. The van der Waals surface area contributed by atoms with Crippen molar-refractivity contribution >= 4 is 18.2 Å². The van der Waals surface area contributed by atoms with E-state index >= 15 is 0 Å². The van der Waals surface area contributed by atoms with Crippen LogP contribution < -0.4 is 10.6 Å². The first kappa shape index (κ1) is 9.92. The first-order valence-corrected chi connectivity index (χ1v) is 3.92. The number of Topliss-reactive ketones (excluding diaryl/α,β-unsaturated/α-hetero) is 1. The predicted octanol–water partition coefficient (Wildman–Crippen LogP) is -0.713. The molecule has 2 heterocycles. The van der Waals surface area contributed by atoms with Crippen molar-refractivity contribution in [2.75, 3.05) is 26.4 Å². The highest BCUT2D eigenvalue weighted by Crippen LogP contribution is 2.22. The quantitative estimate of drug-likeness (QED) is 0.532. The molecule has 0 aromatic carbocycles. The summed E-state index contributed by atoms with van der Waals surface area (Å²) >= 11 is 0. The van der Waals surface area contributed by atoms with Gasteiger partial charge in [-0.3, -0.25) is 10.1 Å². The van der Waals surface area contributed by atoms with Gasteiger partial charge in [-0.05, 0) is 13.0 Å². The smallest absolute Gasteiger partial charge is 0.179 e. The molecule has 0 saturated carbocycles. The summed E-state index contributed by atoms with van der Waals surface area (Å²) in [5.41, 5.74) is -0.481. The van der Waals surface area contributed by atoms with Gasteiger partial charge in [0.1, 0.15) is 5.60 Å². The summed E-state index contributed by atoms with van der Waals surface area (Å²) in [4.78, 5) is 11.4. The van der Waals surface area contributed by atoms with E-state index in [9.17, 15) is 4.79 Å². The highest BCUT2D eigenvalue weighted by atomic mass is 35.5. The van der Waals surface area contributed by atoms with Crippen LogP contribution >= 0.6 is 12.4 Å². The van der Waals surface area contributed by atoms with E-state index in [-0.39, 0.29) is 18.2 Å². The number of hydrogen-bond donors (Lipinski definition) is 2. The Bertz CT molecular complexity index is 180. The Morgan fingerprint density at radius 3 is 2.83 bits per heavy atom. The SMILES string of the molecule is Cl.O=C1CNCCC12CNCO2. The van der Waals surface area contributed by atoms with E-state index < -0.39 is 5.60 Å². The minimum Gasteiger partial charge on any atom is -0.351 e. The summed E-state index contributed by atoms with van der Waals surface area (Å²) in [6, 6.07) is 0. The molecule has 2 N–H and O–H groups in total. The van der Waals surface area contributed by atoms with Crippen LogP contribution in [-0.4, -0.2) is 37.7 Å². The zero-order valence-electron chi connectivity index (χ0n) is 6.76. The number of ether oxygens (including phenoxy) is 1. The Balaban J connectivity index is 0.000000720. The van der Waals surface area contributed by atoms with Crippen molar-refractivity contribution in [3.63, 3.8) is 0 Å². The minimum absolute atomic E-state index is 0. The second-order valence-electron chi connectivity index (χ2n) is 3.06. The highest BCUT2D eigenvalue weighted by molar-refractivity contribution is 5.90. The fourth-order valence-corrected chi connectivity index (χ4v) is 1.63. The Labute approximate surface area is 77.4 Å². The van der Waals surface area contributed by atoms with Gasteiger partial charge in [-0.25, -0.2) is 0 Å². The number of rotatable bonds is 0. The van der Waals surface area contributed by atoms with Gasteiger partial charge in [-0.15, -0.1) is 12.4 Å². The standard InChI is InChI=1S/C7H12N2O2.ClH/c10-6-3-8-2-1-7(6)4-9-5-11-7;/h8-9H,1-5H2;1H. The van der Waals surface area contributed by atoms with Crippen molar-refractivity contribution in [2.24, 2.45) is 0 Å². The number of carbonyl (C=O) groups is 1. The summed E-state index contributed by atoms with van der Waals surface area (Å²) in [6.45, 7) is 2.55. The molecule has 1 spiro atoms. The van der Waals surface area contributed by atoms with Crippen molar-refractivity contribution in [3.05, 3.63) is 0 Å². The molecule has 2 fully saturated rings. The van der Waals surface area contributed by atoms with Gasteiger partial charge in [0, 0.05) is 6.54 Å². The van der Waals surface area contributed by atoms with E-state index in [1.807, 2.05) is 0 Å². The van der Waals surface area contributed by atoms with E-state index in [2.05, 4.69) is 10.6 Å². The van der Waals surface area contributed by atoms with Gasteiger partial charge >= 0.3 is 0 Å². The van der Waals surface area contributed by atoms with Crippen LogP contribution in [0.15, 0.2) is 0 Å². The Morgan fingerprint density at radius 2 is 2.25 bits per heavy atom. The third-order valence-electron chi connectivity index (χ3n) is 2.36. The largest absolute Gasteiger partial charge is 0.351 e. The number of nitrogens with one attached hydrogen (secondary N) is 2. The molecule has 2 rings (SSSR count). The van der Waals surface area contributed by atoms with Crippen molar-refractivity contribution < 1.29 is 9.53 Å². The molecule has 70 valence electrons. The average molecular weight is 193 g/mol. The Hall–Kier alpha value is -0.160. The maximum atomic E-state index is 11.4. The molecule has 12 heavy (non-hydrogen) atoms. The molecule has 1 atom stereocenters. The molecule has 2 aliphatic rings. The molecule has 5 heteroatoms. The van der Waals surface area contributed by atoms with Gasteiger partial charge in [-0.2, -0.15) is 0 Å². The lowest BCUT2D eigenvalue weighted by Crippen LogP contribution is -2.53. The molecule has 4 nitrogen and oxygen atoms in total. The van der Waals surface area contributed by atoms with E-state index in [1.54, 1.807) is 0 Å². The van der Waals surface area contributed by atoms with Gasteiger partial charge < -0.3 is 10.1 Å². The molecule has 0 radical (unpaired) electrons. The number of hydrogen-bond acceptors (Lipinski definition) is 4. The van der Waals surface area contributed by atoms with E-state index in [0.29, 0.717) is 19.8 Å². The Kier molecular flexibility index (Phi) is 3.06. The van der Waals surface area contributed by atoms with E-state index in [4.69, 9.17) is 4.74 Å². The highest BCUT2D eigenvalue weighted by Gasteiger charge is 2.43. The lowest BCUT2D eigenvalue weighted by molar-refractivity contribution is -0.139. The molecular weight excluding hydrogens is 180 g/mol. The fraction of sp³-hybridized carbons (Fsp3) is 0.857. The topological polar surface area (TPSA) is 50.4 Å². The van der Waals surface area contributed by atoms with Crippen LogP contribution in [0.5, 0.6) is 0 Å². The van der Waals surface area contributed by atoms with Crippen LogP contribution in [0, 0.1) is 0 Å². The Morgan fingerprint density at radius 1 is 1.42 bits per heavy atom. The van der Waals surface area contributed by atoms with Gasteiger partial charge in [0.15, 0.2) is 5.78 Å². The molecule has 2 saturated heterocycles. The van der Waals surface area contributed by atoms with Crippen LogP contribution in [0.25, 0.3) is 0 Å². The zero-order chi connectivity index (χ0) is 7.73. The van der Waals surface area contributed by atoms with Gasteiger partial charge in [-0.1, -0.05) is 0 Å². The molecular formula is C7H13ClN2O2. The van der Waals surface area contributed by atoms with Crippen LogP contribution in [0.3, 0.4) is 0 Å². The summed E-state index contributed by atoms with van der Waals surface area (Å²) in [6.07, 6.45) is 0.804. The third-order valence-corrected chi connectivity index (χ3v) is 2.36. The lowest BCUT2D eigenvalue weighted by Gasteiger charge is -2.30. The van der Waals surface area contributed by atoms with Crippen molar-refractivity contribution in [1.29, 1.82) is 0 Å². The van der Waals surface area contributed by atoms with Crippen LogP contribution in [0.1, 0.15) is 6.42 Å². The van der Waals surface area contributed by atoms with Crippen molar-refractivity contribution in [2.45, 2.75) is 12.0 Å². The molecule has 0 aromatic rings. The normalized spacial score (nSPS) is 35.2. The first-order valence-electron chi connectivity index (χ1n) is 3.92. The first-order chi connectivity index (χ1) is 5.33. The number of halogens is 1. The third kappa shape index (κ3) is 1.47. The molecule has 0 amide bonds. The van der Waals surface area contributed by atoms with Gasteiger partial charge in [0.05, 0.1) is 13.3 Å². The van der Waals surface area contributed by atoms with Gasteiger partial charge in [0.2, 0.25) is 0 Å². The van der Waals surface area contributed by atoms with E-state index in [0.717, 1.165) is 13.0 Å². The number of piperidine rings is 1. The maximum absolute atomic E-state index is 11.4. The maximum Gasteiger partial charge on any atom is 0.179 e. The molecule has 0 aliphatic carbocycles. The molecule has 0 bridgehead atoms. The average Bonchev–Trinajstić information content (AvgIpc) is 2.46. The van der Waals surface area contributed by atoms with Crippen LogP contribution in [-0.2, 0) is 9.53 Å². The minimum atomic E-state index is -0.481.